The summed E-state index contributed by atoms with van der Waals surface area (Å²) in [5.41, 5.74) is 2.40. The van der Waals surface area contributed by atoms with Crippen LogP contribution in [0.15, 0.2) is 36.4 Å². The van der Waals surface area contributed by atoms with Crippen LogP contribution in [-0.4, -0.2) is 34.4 Å². The Morgan fingerprint density at radius 1 is 1.26 bits per heavy atom. The minimum atomic E-state index is -0.385. The number of nitrogens with zero attached hydrogens (tertiary/aromatic N) is 1. The van der Waals surface area contributed by atoms with Crippen molar-refractivity contribution in [3.8, 4) is 0 Å². The Kier molecular flexibility index (Phi) is 5.55. The van der Waals surface area contributed by atoms with E-state index in [-0.39, 0.29) is 17.9 Å². The second kappa shape index (κ2) is 8.07. The van der Waals surface area contributed by atoms with Crippen molar-refractivity contribution in [3.63, 3.8) is 0 Å². The molecule has 0 saturated carbocycles. The van der Waals surface area contributed by atoms with Gasteiger partial charge in [0.2, 0.25) is 5.91 Å². The van der Waals surface area contributed by atoms with Gasteiger partial charge in [0.15, 0.2) is 0 Å². The number of carbonyl (C=O) groups excluding carboxylic acids is 2. The third-order valence-corrected chi connectivity index (χ3v) is 7.53. The average molecular weight is 401 g/mol. The second-order valence-corrected chi connectivity index (χ2v) is 9.54. The highest BCUT2D eigenvalue weighted by molar-refractivity contribution is 7.99. The third-order valence-electron chi connectivity index (χ3n) is 5.30. The highest BCUT2D eigenvalue weighted by Crippen LogP contribution is 2.34. The molecular formula is C21H24N2O2S2. The van der Waals surface area contributed by atoms with Crippen molar-refractivity contribution in [1.29, 1.82) is 0 Å². The number of benzene rings is 1. The maximum absolute atomic E-state index is 13.1. The first-order chi connectivity index (χ1) is 13.1. The monoisotopic (exact) mass is 400 g/mol. The fraction of sp³-hybridized carbons (Fsp3) is 0.429. The van der Waals surface area contributed by atoms with Gasteiger partial charge in [0.05, 0.1) is 10.8 Å². The van der Waals surface area contributed by atoms with Gasteiger partial charge in [0.25, 0.3) is 5.91 Å². The lowest BCUT2D eigenvalue weighted by atomic mass is 9.90. The fourth-order valence-electron chi connectivity index (χ4n) is 3.72. The largest absolute Gasteiger partial charge is 0.350 e. The van der Waals surface area contributed by atoms with Crippen LogP contribution in [0.25, 0.3) is 0 Å². The Morgan fingerprint density at radius 2 is 2.07 bits per heavy atom. The van der Waals surface area contributed by atoms with E-state index in [1.165, 1.54) is 16.9 Å². The van der Waals surface area contributed by atoms with Gasteiger partial charge in [-0.3, -0.25) is 9.59 Å². The zero-order valence-corrected chi connectivity index (χ0v) is 17.1. The van der Waals surface area contributed by atoms with Crippen LogP contribution in [-0.2, 0) is 24.2 Å². The zero-order chi connectivity index (χ0) is 18.8. The number of nitrogens with one attached hydrogen (secondary N) is 1. The summed E-state index contributed by atoms with van der Waals surface area (Å²) >= 11 is 3.27. The van der Waals surface area contributed by atoms with Crippen LogP contribution in [0.5, 0.6) is 0 Å². The number of hydrogen-bond acceptors (Lipinski definition) is 4. The minimum absolute atomic E-state index is 0.00640. The number of amides is 2. The highest BCUT2D eigenvalue weighted by Gasteiger charge is 2.36. The van der Waals surface area contributed by atoms with Crippen LogP contribution in [0.2, 0.25) is 0 Å². The number of aryl methyl sites for hydroxylation is 1. The van der Waals surface area contributed by atoms with Crippen LogP contribution >= 0.6 is 23.1 Å². The molecule has 2 atom stereocenters. The summed E-state index contributed by atoms with van der Waals surface area (Å²) in [6, 6.07) is 11.5. The molecule has 1 aromatic heterocycles. The van der Waals surface area contributed by atoms with Crippen molar-refractivity contribution in [1.82, 2.24) is 10.2 Å². The Morgan fingerprint density at radius 3 is 2.89 bits per heavy atom. The molecule has 2 amide bonds. The van der Waals surface area contributed by atoms with Gasteiger partial charge >= 0.3 is 0 Å². The maximum atomic E-state index is 13.1. The molecule has 2 aliphatic rings. The smallest absolute Gasteiger partial charge is 0.265 e. The Balaban J connectivity index is 1.43. The van der Waals surface area contributed by atoms with Gasteiger partial charge in [-0.05, 0) is 42.4 Å². The molecule has 1 fully saturated rings. The number of fused-ring (bicyclic) bond motifs is 1. The van der Waals surface area contributed by atoms with Crippen molar-refractivity contribution >= 4 is 34.9 Å². The number of thiophene rings is 1. The molecule has 142 valence electrons. The molecule has 27 heavy (non-hydrogen) atoms. The number of thioether (sulfide) groups is 1. The molecular weight excluding hydrogens is 376 g/mol. The summed E-state index contributed by atoms with van der Waals surface area (Å²) in [7, 11) is 0. The van der Waals surface area contributed by atoms with E-state index in [1.807, 2.05) is 30.3 Å². The molecule has 2 heterocycles. The van der Waals surface area contributed by atoms with Crippen LogP contribution in [0.1, 0.15) is 39.0 Å². The Labute approximate surface area is 168 Å². The van der Waals surface area contributed by atoms with Gasteiger partial charge in [0.1, 0.15) is 6.04 Å². The zero-order valence-electron chi connectivity index (χ0n) is 15.4. The molecule has 6 heteroatoms. The third kappa shape index (κ3) is 4.06. The van der Waals surface area contributed by atoms with E-state index < -0.39 is 0 Å². The lowest BCUT2D eigenvalue weighted by molar-refractivity contribution is -0.124. The Bertz CT molecular complexity index is 834. The van der Waals surface area contributed by atoms with Crippen LogP contribution in [0, 0.1) is 5.92 Å². The lowest BCUT2D eigenvalue weighted by Crippen LogP contribution is -2.46. The van der Waals surface area contributed by atoms with E-state index in [4.69, 9.17) is 0 Å². The Hall–Kier alpha value is -1.79. The van der Waals surface area contributed by atoms with Crippen molar-refractivity contribution < 1.29 is 9.59 Å². The molecule has 1 aliphatic carbocycles. The summed E-state index contributed by atoms with van der Waals surface area (Å²) in [6.07, 6.45) is 3.34. The van der Waals surface area contributed by atoms with Crippen molar-refractivity contribution in [2.24, 2.45) is 5.92 Å². The highest BCUT2D eigenvalue weighted by atomic mass is 32.2. The maximum Gasteiger partial charge on any atom is 0.265 e. The fourth-order valence-corrected chi connectivity index (χ4v) is 6.03. The summed E-state index contributed by atoms with van der Waals surface area (Å²) in [6.45, 7) is 2.76. The average Bonchev–Trinajstić information content (AvgIpc) is 3.33. The lowest BCUT2D eigenvalue weighted by Gasteiger charge is -2.22. The predicted molar refractivity (Wildman–Crippen MR) is 111 cm³/mol. The first kappa shape index (κ1) is 18.6. The summed E-state index contributed by atoms with van der Waals surface area (Å²) in [4.78, 5) is 29.7. The van der Waals surface area contributed by atoms with E-state index in [0.29, 0.717) is 24.1 Å². The standard InChI is InChI=1S/C21H24N2O2S2/c1-14-7-8-18-16(9-14)10-19(27-18)21(25)23-13-26-12-17(23)20(24)22-11-15-5-3-2-4-6-15/h2-6,10,14,17H,7-9,11-13H2,1H3,(H,22,24)/t14-,17-/m1/s1. The molecule has 4 rings (SSSR count). The van der Waals surface area contributed by atoms with E-state index in [9.17, 15) is 9.59 Å². The van der Waals surface area contributed by atoms with Crippen molar-refractivity contribution in [2.45, 2.75) is 38.8 Å². The van der Waals surface area contributed by atoms with Gasteiger partial charge in [-0.2, -0.15) is 0 Å². The number of carbonyl (C=O) groups is 2. The molecule has 1 aromatic carbocycles. The molecule has 0 bridgehead atoms. The summed E-state index contributed by atoms with van der Waals surface area (Å²) in [5, 5.41) is 2.99. The molecule has 1 N–H and O–H groups in total. The molecule has 0 spiro atoms. The molecule has 2 aromatic rings. The topological polar surface area (TPSA) is 49.4 Å². The molecule has 1 saturated heterocycles. The molecule has 0 unspecified atom stereocenters. The van der Waals surface area contributed by atoms with E-state index in [1.54, 1.807) is 28.0 Å². The van der Waals surface area contributed by atoms with Gasteiger partial charge in [-0.15, -0.1) is 23.1 Å². The van der Waals surface area contributed by atoms with E-state index in [0.717, 1.165) is 23.3 Å². The van der Waals surface area contributed by atoms with Gasteiger partial charge in [-0.1, -0.05) is 37.3 Å². The number of hydrogen-bond donors (Lipinski definition) is 1. The van der Waals surface area contributed by atoms with Crippen LogP contribution < -0.4 is 5.32 Å². The van der Waals surface area contributed by atoms with Crippen LogP contribution in [0.4, 0.5) is 0 Å². The minimum Gasteiger partial charge on any atom is -0.350 e. The van der Waals surface area contributed by atoms with Gasteiger partial charge in [0, 0.05) is 17.2 Å². The molecule has 1 aliphatic heterocycles. The van der Waals surface area contributed by atoms with Gasteiger partial charge in [-0.25, -0.2) is 0 Å². The van der Waals surface area contributed by atoms with E-state index >= 15 is 0 Å². The predicted octanol–water partition coefficient (Wildman–Crippen LogP) is 3.70. The van der Waals surface area contributed by atoms with E-state index in [2.05, 4.69) is 18.3 Å². The first-order valence-corrected chi connectivity index (χ1v) is 11.4. The molecule has 0 radical (unpaired) electrons. The van der Waals surface area contributed by atoms with Crippen LogP contribution in [0.3, 0.4) is 0 Å². The molecule has 4 nitrogen and oxygen atoms in total. The first-order valence-electron chi connectivity index (χ1n) is 9.43. The summed E-state index contributed by atoms with van der Waals surface area (Å²) in [5.74, 6) is 1.88. The number of rotatable bonds is 4. The van der Waals surface area contributed by atoms with Crippen molar-refractivity contribution in [2.75, 3.05) is 11.6 Å². The second-order valence-electron chi connectivity index (χ2n) is 7.40. The quantitative estimate of drug-likeness (QED) is 0.851. The van der Waals surface area contributed by atoms with Crippen molar-refractivity contribution in [3.05, 3.63) is 57.3 Å². The summed E-state index contributed by atoms with van der Waals surface area (Å²) < 4.78 is 0. The normalized spacial score (nSPS) is 21.7. The van der Waals surface area contributed by atoms with Gasteiger partial charge < -0.3 is 10.2 Å². The SMILES string of the molecule is C[C@@H]1CCc2sc(C(=O)N3CSC[C@@H]3C(=O)NCc3ccccc3)cc2C1.